The highest BCUT2D eigenvalue weighted by Gasteiger charge is 2.25. The number of anilines is 2. The van der Waals surface area contributed by atoms with Gasteiger partial charge in [-0.2, -0.15) is 0 Å². The Morgan fingerprint density at radius 1 is 1.26 bits per heavy atom. The average molecular weight is 409 g/mol. The Kier molecular flexibility index (Phi) is 5.38. The number of hydrogen-bond acceptors (Lipinski definition) is 5. The Balaban J connectivity index is 1.80. The predicted molar refractivity (Wildman–Crippen MR) is 102 cm³/mol. The Labute approximate surface area is 161 Å². The normalized spacial score (nSPS) is 13.0. The van der Waals surface area contributed by atoms with E-state index >= 15 is 0 Å². The van der Waals surface area contributed by atoms with Crippen LogP contribution in [-0.2, 0) is 26.0 Å². The second-order valence-corrected chi connectivity index (χ2v) is 8.04. The number of fused-ring (bicyclic) bond motifs is 1. The molecule has 0 saturated heterocycles. The van der Waals surface area contributed by atoms with Crippen molar-refractivity contribution in [2.24, 2.45) is 0 Å². The summed E-state index contributed by atoms with van der Waals surface area (Å²) in [5.74, 6) is -0.681. The molecule has 0 aromatic heterocycles. The number of carbonyl (C=O) groups excluding carboxylic acids is 2. The molecular weight excluding hydrogens is 392 g/mol. The van der Waals surface area contributed by atoms with Crippen LogP contribution in [0.3, 0.4) is 0 Å². The first-order valence-electron chi connectivity index (χ1n) is 8.22. The summed E-state index contributed by atoms with van der Waals surface area (Å²) < 4.78 is 32.8. The van der Waals surface area contributed by atoms with Crippen LogP contribution >= 0.6 is 11.6 Å². The number of halogens is 1. The fraction of sp³-hybridized carbons (Fsp3) is 0.222. The van der Waals surface area contributed by atoms with E-state index in [0.717, 1.165) is 0 Å². The van der Waals surface area contributed by atoms with Crippen LogP contribution in [-0.4, -0.2) is 26.9 Å². The number of sulfonamides is 1. The van der Waals surface area contributed by atoms with E-state index in [1.165, 1.54) is 36.4 Å². The highest BCUT2D eigenvalue weighted by Crippen LogP contribution is 2.33. The lowest BCUT2D eigenvalue weighted by molar-refractivity contribution is -0.115. The highest BCUT2D eigenvalue weighted by molar-refractivity contribution is 7.92. The first-order chi connectivity index (χ1) is 12.8. The third kappa shape index (κ3) is 4.23. The van der Waals surface area contributed by atoms with Gasteiger partial charge in [0.1, 0.15) is 4.90 Å². The molecule has 0 fully saturated rings. The molecule has 0 aliphatic carbocycles. The van der Waals surface area contributed by atoms with E-state index in [1.807, 2.05) is 6.92 Å². The molecule has 3 rings (SSSR count). The van der Waals surface area contributed by atoms with Crippen LogP contribution in [0.4, 0.5) is 11.4 Å². The van der Waals surface area contributed by atoms with E-state index in [4.69, 9.17) is 16.3 Å². The standard InChI is InChI=1S/C18H17ClN2O5S/c1-2-7-26-18(23)11-3-5-13(6-4-11)21-27(24,25)16-8-12-9-17(22)20-15(12)10-14(16)19/h3-6,8,10,21H,2,7,9H2,1H3,(H,20,22). The van der Waals surface area contributed by atoms with Gasteiger partial charge in [-0.15, -0.1) is 0 Å². The number of carbonyl (C=O) groups is 2. The molecule has 2 aromatic rings. The number of nitrogens with one attached hydrogen (secondary N) is 2. The summed E-state index contributed by atoms with van der Waals surface area (Å²) >= 11 is 6.09. The maximum atomic E-state index is 12.7. The third-order valence-electron chi connectivity index (χ3n) is 3.88. The minimum atomic E-state index is -3.97. The Hall–Kier alpha value is -2.58. The van der Waals surface area contributed by atoms with Crippen molar-refractivity contribution in [1.29, 1.82) is 0 Å². The van der Waals surface area contributed by atoms with Crippen LogP contribution in [0.1, 0.15) is 29.3 Å². The van der Waals surface area contributed by atoms with Gasteiger partial charge in [0.25, 0.3) is 10.0 Å². The van der Waals surface area contributed by atoms with Crippen LogP contribution in [0.2, 0.25) is 5.02 Å². The van der Waals surface area contributed by atoms with E-state index in [0.29, 0.717) is 29.8 Å². The van der Waals surface area contributed by atoms with Crippen molar-refractivity contribution in [2.45, 2.75) is 24.7 Å². The fourth-order valence-corrected chi connectivity index (χ4v) is 4.23. The summed E-state index contributed by atoms with van der Waals surface area (Å²) in [6.45, 7) is 2.21. The van der Waals surface area contributed by atoms with Crippen molar-refractivity contribution in [1.82, 2.24) is 0 Å². The number of amides is 1. The Morgan fingerprint density at radius 2 is 1.96 bits per heavy atom. The Morgan fingerprint density at radius 3 is 2.63 bits per heavy atom. The zero-order valence-corrected chi connectivity index (χ0v) is 16.0. The molecule has 9 heteroatoms. The molecule has 7 nitrogen and oxygen atoms in total. The van der Waals surface area contributed by atoms with Crippen molar-refractivity contribution in [3.05, 3.63) is 52.5 Å². The van der Waals surface area contributed by atoms with Crippen LogP contribution in [0.25, 0.3) is 0 Å². The second kappa shape index (κ2) is 7.58. The van der Waals surface area contributed by atoms with Gasteiger partial charge in [-0.25, -0.2) is 13.2 Å². The minimum Gasteiger partial charge on any atom is -0.462 e. The number of benzene rings is 2. The zero-order valence-electron chi connectivity index (χ0n) is 14.4. The van der Waals surface area contributed by atoms with Crippen molar-refractivity contribution in [2.75, 3.05) is 16.6 Å². The van der Waals surface area contributed by atoms with E-state index in [9.17, 15) is 18.0 Å². The number of esters is 1. The average Bonchev–Trinajstić information content (AvgIpc) is 2.98. The molecule has 0 unspecified atom stereocenters. The molecule has 1 aliphatic rings. The molecule has 0 atom stereocenters. The van der Waals surface area contributed by atoms with Gasteiger partial charge < -0.3 is 10.1 Å². The number of ether oxygens (including phenoxy) is 1. The molecule has 1 aliphatic heterocycles. The lowest BCUT2D eigenvalue weighted by Gasteiger charge is -2.11. The van der Waals surface area contributed by atoms with Crippen molar-refractivity contribution < 1.29 is 22.7 Å². The van der Waals surface area contributed by atoms with E-state index in [2.05, 4.69) is 10.0 Å². The fourth-order valence-electron chi connectivity index (χ4n) is 2.59. The van der Waals surface area contributed by atoms with Gasteiger partial charge >= 0.3 is 5.97 Å². The van der Waals surface area contributed by atoms with Crippen LogP contribution < -0.4 is 10.0 Å². The zero-order chi connectivity index (χ0) is 19.6. The van der Waals surface area contributed by atoms with Gasteiger partial charge in [-0.3, -0.25) is 9.52 Å². The quantitative estimate of drug-likeness (QED) is 0.714. The van der Waals surface area contributed by atoms with Crippen LogP contribution in [0.15, 0.2) is 41.3 Å². The van der Waals surface area contributed by atoms with Gasteiger partial charge in [0, 0.05) is 11.4 Å². The molecule has 1 heterocycles. The number of rotatable bonds is 6. The second-order valence-electron chi connectivity index (χ2n) is 5.98. The summed E-state index contributed by atoms with van der Waals surface area (Å²) in [4.78, 5) is 23.1. The first kappa shape index (κ1) is 19.2. The number of hydrogen-bond donors (Lipinski definition) is 2. The summed E-state index contributed by atoms with van der Waals surface area (Å²) in [6, 6.07) is 8.68. The lowest BCUT2D eigenvalue weighted by Crippen LogP contribution is -2.14. The third-order valence-corrected chi connectivity index (χ3v) is 5.73. The van der Waals surface area contributed by atoms with Gasteiger partial charge in [0.2, 0.25) is 5.91 Å². The molecule has 0 saturated carbocycles. The highest BCUT2D eigenvalue weighted by atomic mass is 35.5. The molecular formula is C18H17ClN2O5S. The summed E-state index contributed by atoms with van der Waals surface area (Å²) in [6.07, 6.45) is 0.815. The largest absolute Gasteiger partial charge is 0.462 e. The van der Waals surface area contributed by atoms with E-state index in [-0.39, 0.29) is 27.9 Å². The van der Waals surface area contributed by atoms with Gasteiger partial charge in [0.05, 0.1) is 23.6 Å². The molecule has 2 aromatic carbocycles. The van der Waals surface area contributed by atoms with Gasteiger partial charge in [-0.05, 0) is 48.4 Å². The molecule has 142 valence electrons. The van der Waals surface area contributed by atoms with Gasteiger partial charge in [-0.1, -0.05) is 18.5 Å². The smallest absolute Gasteiger partial charge is 0.338 e. The SMILES string of the molecule is CCCOC(=O)c1ccc(NS(=O)(=O)c2cc3c(cc2Cl)NC(=O)C3)cc1. The van der Waals surface area contributed by atoms with Crippen molar-refractivity contribution in [3.63, 3.8) is 0 Å². The Bertz CT molecular complexity index is 1000. The molecule has 1 amide bonds. The van der Waals surface area contributed by atoms with Crippen LogP contribution in [0.5, 0.6) is 0 Å². The van der Waals surface area contributed by atoms with Crippen molar-refractivity contribution >= 4 is 44.9 Å². The van der Waals surface area contributed by atoms with Crippen molar-refractivity contribution in [3.8, 4) is 0 Å². The molecule has 27 heavy (non-hydrogen) atoms. The molecule has 0 radical (unpaired) electrons. The predicted octanol–water partition coefficient (Wildman–Crippen LogP) is 3.20. The summed E-state index contributed by atoms with van der Waals surface area (Å²) in [5, 5.41) is 2.62. The summed E-state index contributed by atoms with van der Waals surface area (Å²) in [5.41, 5.74) is 1.68. The summed E-state index contributed by atoms with van der Waals surface area (Å²) in [7, 11) is -3.97. The lowest BCUT2D eigenvalue weighted by atomic mass is 10.2. The minimum absolute atomic E-state index is 0.00298. The molecule has 0 bridgehead atoms. The van der Waals surface area contributed by atoms with Gasteiger partial charge in [0.15, 0.2) is 0 Å². The maximum absolute atomic E-state index is 12.7. The monoisotopic (exact) mass is 408 g/mol. The topological polar surface area (TPSA) is 102 Å². The van der Waals surface area contributed by atoms with E-state index < -0.39 is 16.0 Å². The molecule has 2 N–H and O–H groups in total. The van der Waals surface area contributed by atoms with Crippen LogP contribution in [0, 0.1) is 0 Å². The maximum Gasteiger partial charge on any atom is 0.338 e. The first-order valence-corrected chi connectivity index (χ1v) is 10.1. The molecule has 0 spiro atoms. The van der Waals surface area contributed by atoms with E-state index in [1.54, 1.807) is 0 Å².